The van der Waals surface area contributed by atoms with Gasteiger partial charge in [0.25, 0.3) is 0 Å². The summed E-state index contributed by atoms with van der Waals surface area (Å²) in [6, 6.07) is 0. The van der Waals surface area contributed by atoms with Gasteiger partial charge >= 0.3 is 5.97 Å². The minimum atomic E-state index is -0.290. The molecule has 0 aromatic rings. The Kier molecular flexibility index (Phi) is 19.7. The third kappa shape index (κ3) is 13.3. The minimum Gasteiger partial charge on any atom is -0.423 e. The Labute approximate surface area is 169 Å². The second-order valence-corrected chi connectivity index (χ2v) is 6.44. The van der Waals surface area contributed by atoms with E-state index < -0.39 is 0 Å². The molecule has 0 unspecified atom stereocenters. The molecule has 27 heavy (non-hydrogen) atoms. The highest BCUT2D eigenvalue weighted by Crippen LogP contribution is 2.31. The van der Waals surface area contributed by atoms with Gasteiger partial charge in [-0.3, -0.25) is 0 Å². The fourth-order valence-corrected chi connectivity index (χ4v) is 3.01. The van der Waals surface area contributed by atoms with Gasteiger partial charge in [0.2, 0.25) is 0 Å². The van der Waals surface area contributed by atoms with E-state index in [2.05, 4.69) is 13.0 Å². The lowest BCUT2D eigenvalue weighted by Crippen LogP contribution is -2.12. The van der Waals surface area contributed by atoms with Gasteiger partial charge in [0.15, 0.2) is 0 Å². The topological polar surface area (TPSA) is 26.3 Å². The van der Waals surface area contributed by atoms with E-state index in [1.165, 1.54) is 32.1 Å². The summed E-state index contributed by atoms with van der Waals surface area (Å²) in [4.78, 5) is 12.1. The maximum atomic E-state index is 12.1. The smallest absolute Gasteiger partial charge is 0.343 e. The van der Waals surface area contributed by atoms with Crippen molar-refractivity contribution >= 4 is 5.97 Å². The van der Waals surface area contributed by atoms with Crippen molar-refractivity contribution in [1.29, 1.82) is 0 Å². The van der Waals surface area contributed by atoms with Gasteiger partial charge in [-0.2, -0.15) is 0 Å². The summed E-state index contributed by atoms with van der Waals surface area (Å²) in [6.45, 7) is 16.0. The van der Waals surface area contributed by atoms with Crippen molar-refractivity contribution in [2.75, 3.05) is 0 Å². The average molecular weight is 377 g/mol. The van der Waals surface area contributed by atoms with Crippen molar-refractivity contribution in [2.45, 2.75) is 93.9 Å². The first-order valence-corrected chi connectivity index (χ1v) is 10.9. The molecule has 1 rings (SSSR count). The number of hydrogen-bond donors (Lipinski definition) is 0. The van der Waals surface area contributed by atoms with Crippen LogP contribution in [-0.4, -0.2) is 5.97 Å². The molecule has 0 bridgehead atoms. The van der Waals surface area contributed by atoms with Gasteiger partial charge < -0.3 is 4.74 Å². The van der Waals surface area contributed by atoms with Gasteiger partial charge in [0.05, 0.1) is 5.57 Å². The van der Waals surface area contributed by atoms with Crippen molar-refractivity contribution in [3.63, 3.8) is 0 Å². The molecule has 0 aromatic carbocycles. The first-order valence-electron chi connectivity index (χ1n) is 10.9. The van der Waals surface area contributed by atoms with E-state index in [9.17, 15) is 4.79 Å². The second-order valence-electron chi connectivity index (χ2n) is 6.44. The lowest BCUT2D eigenvalue weighted by atomic mass is 9.81. The summed E-state index contributed by atoms with van der Waals surface area (Å²) in [5, 5.41) is 0. The van der Waals surface area contributed by atoms with Crippen LogP contribution < -0.4 is 0 Å². The van der Waals surface area contributed by atoms with Gasteiger partial charge in [-0.25, -0.2) is 4.79 Å². The number of ether oxygens (including phenoxy) is 1. The van der Waals surface area contributed by atoms with Crippen molar-refractivity contribution in [3.8, 4) is 0 Å². The first kappa shape index (κ1) is 27.6. The highest BCUT2D eigenvalue weighted by molar-refractivity contribution is 5.92. The zero-order chi connectivity index (χ0) is 21.1. The predicted octanol–water partition coefficient (Wildman–Crippen LogP) is 8.17. The lowest BCUT2D eigenvalue weighted by molar-refractivity contribution is -0.134. The standard InChI is InChI=1S/C21H32O2.2C2H6/c1-5-9-19(7-3)21(22)23-20(10-6-2)12-8-11-18-15-13-17(4)14-16-18;2*1-2/h5-7,9-10,12,17-18H,8,11,13-16H2,1-4H3;2*1-2H3/b9-5-,10-6-,19-7+,20-12+;;. The Bertz CT molecular complexity index is 473. The first-order chi connectivity index (χ1) is 13.1. The highest BCUT2D eigenvalue weighted by atomic mass is 16.5. The van der Waals surface area contributed by atoms with Crippen LogP contribution in [0.2, 0.25) is 0 Å². The van der Waals surface area contributed by atoms with Crippen LogP contribution in [-0.2, 0) is 9.53 Å². The number of esters is 1. The van der Waals surface area contributed by atoms with E-state index in [0.29, 0.717) is 11.3 Å². The fourth-order valence-electron chi connectivity index (χ4n) is 3.01. The van der Waals surface area contributed by atoms with Gasteiger partial charge in [-0.05, 0) is 57.6 Å². The number of allylic oxidation sites excluding steroid dienone is 5. The van der Waals surface area contributed by atoms with E-state index in [-0.39, 0.29) is 5.97 Å². The summed E-state index contributed by atoms with van der Waals surface area (Å²) in [7, 11) is 0. The number of hydrogen-bond acceptors (Lipinski definition) is 2. The predicted molar refractivity (Wildman–Crippen MR) is 121 cm³/mol. The van der Waals surface area contributed by atoms with Crippen LogP contribution in [0.5, 0.6) is 0 Å². The molecule has 1 fully saturated rings. The third-order valence-corrected chi connectivity index (χ3v) is 4.49. The molecular formula is C25H44O2. The average Bonchev–Trinajstić information content (AvgIpc) is 2.70. The number of rotatable bonds is 7. The zero-order valence-corrected chi connectivity index (χ0v) is 19.2. The largest absolute Gasteiger partial charge is 0.423 e. The second kappa shape index (κ2) is 19.2. The minimum absolute atomic E-state index is 0.290. The lowest BCUT2D eigenvalue weighted by Gasteiger charge is -2.25. The van der Waals surface area contributed by atoms with Crippen molar-refractivity contribution in [2.24, 2.45) is 11.8 Å². The summed E-state index contributed by atoms with van der Waals surface area (Å²) >= 11 is 0. The van der Waals surface area contributed by atoms with Crippen LogP contribution in [0.25, 0.3) is 0 Å². The van der Waals surface area contributed by atoms with E-state index in [1.54, 1.807) is 12.2 Å². The molecular weight excluding hydrogens is 332 g/mol. The molecule has 0 amide bonds. The maximum Gasteiger partial charge on any atom is 0.343 e. The monoisotopic (exact) mass is 376 g/mol. The van der Waals surface area contributed by atoms with E-state index >= 15 is 0 Å². The number of carbonyl (C=O) groups is 1. The van der Waals surface area contributed by atoms with Crippen LogP contribution in [0.3, 0.4) is 0 Å². The van der Waals surface area contributed by atoms with Crippen LogP contribution >= 0.6 is 0 Å². The van der Waals surface area contributed by atoms with Gasteiger partial charge in [0.1, 0.15) is 5.76 Å². The Morgan fingerprint density at radius 1 is 0.926 bits per heavy atom. The molecule has 0 atom stereocenters. The van der Waals surface area contributed by atoms with E-state index in [4.69, 9.17) is 4.74 Å². The van der Waals surface area contributed by atoms with Crippen LogP contribution in [0.4, 0.5) is 0 Å². The molecule has 1 aliphatic carbocycles. The molecule has 2 nitrogen and oxygen atoms in total. The molecule has 1 aliphatic rings. The summed E-state index contributed by atoms with van der Waals surface area (Å²) in [5.74, 6) is 2.10. The van der Waals surface area contributed by atoms with Crippen LogP contribution in [0.1, 0.15) is 93.9 Å². The van der Waals surface area contributed by atoms with Crippen LogP contribution in [0.15, 0.2) is 47.8 Å². The van der Waals surface area contributed by atoms with Gasteiger partial charge in [0, 0.05) is 0 Å². The fraction of sp³-hybridized carbons (Fsp3) is 0.640. The van der Waals surface area contributed by atoms with Gasteiger partial charge in [-0.1, -0.05) is 84.6 Å². The number of carbonyl (C=O) groups excluding carboxylic acids is 1. The maximum absolute atomic E-state index is 12.1. The Morgan fingerprint density at radius 3 is 1.96 bits per heavy atom. The third-order valence-electron chi connectivity index (χ3n) is 4.49. The Balaban J connectivity index is 0. The van der Waals surface area contributed by atoms with Crippen LogP contribution in [0, 0.1) is 11.8 Å². The molecule has 0 spiro atoms. The quantitative estimate of drug-likeness (QED) is 0.194. The molecule has 0 heterocycles. The Hall–Kier alpha value is -1.57. The molecule has 0 N–H and O–H groups in total. The van der Waals surface area contributed by atoms with Crippen molar-refractivity contribution in [3.05, 3.63) is 47.8 Å². The Morgan fingerprint density at radius 2 is 1.48 bits per heavy atom. The van der Waals surface area contributed by atoms with Crippen molar-refractivity contribution in [1.82, 2.24) is 0 Å². The van der Waals surface area contributed by atoms with E-state index in [1.807, 2.05) is 66.7 Å². The summed E-state index contributed by atoms with van der Waals surface area (Å²) in [5.41, 5.74) is 0.587. The molecule has 0 saturated heterocycles. The van der Waals surface area contributed by atoms with Gasteiger partial charge in [-0.15, -0.1) is 0 Å². The highest BCUT2D eigenvalue weighted by Gasteiger charge is 2.17. The molecule has 156 valence electrons. The van der Waals surface area contributed by atoms with E-state index in [0.717, 1.165) is 18.3 Å². The SMILES string of the molecule is C/C=C\C(=C/CCC1CCC(C)CC1)OC(=O)C(/C=C\C)=C/C.CC.CC. The zero-order valence-electron chi connectivity index (χ0n) is 19.2. The summed E-state index contributed by atoms with van der Waals surface area (Å²) in [6.07, 6.45) is 18.8. The molecule has 1 saturated carbocycles. The normalized spacial score (nSPS) is 20.6. The van der Waals surface area contributed by atoms with Crippen molar-refractivity contribution < 1.29 is 9.53 Å². The molecule has 2 heteroatoms. The molecule has 0 aromatic heterocycles. The summed E-state index contributed by atoms with van der Waals surface area (Å²) < 4.78 is 5.52. The molecule has 0 radical (unpaired) electrons. The molecule has 0 aliphatic heterocycles.